The summed E-state index contributed by atoms with van der Waals surface area (Å²) in [5.41, 5.74) is 3.00. The molecular weight excluding hydrogens is 356 g/mol. The minimum absolute atomic E-state index is 0.217. The molecule has 0 aliphatic carbocycles. The Morgan fingerprint density at radius 1 is 1.25 bits per heavy atom. The number of nitrogens with zero attached hydrogens (tertiary/aromatic N) is 4. The topological polar surface area (TPSA) is 105 Å². The largest absolute Gasteiger partial charge is 0.478 e. The number of carboxylic acid groups (broad SMARTS) is 1. The molecule has 0 radical (unpaired) electrons. The van der Waals surface area contributed by atoms with Crippen molar-refractivity contribution in [3.8, 4) is 11.3 Å². The van der Waals surface area contributed by atoms with Gasteiger partial charge in [-0.15, -0.1) is 0 Å². The number of aromatic carboxylic acids is 1. The molecule has 1 aliphatic rings. The van der Waals surface area contributed by atoms with Crippen molar-refractivity contribution in [3.63, 3.8) is 0 Å². The summed E-state index contributed by atoms with van der Waals surface area (Å²) >= 11 is 0. The Labute approximate surface area is 162 Å². The third-order valence-corrected chi connectivity index (χ3v) is 4.92. The van der Waals surface area contributed by atoms with Crippen LogP contribution in [0.4, 0.5) is 11.6 Å². The zero-order chi connectivity index (χ0) is 19.5. The fourth-order valence-electron chi connectivity index (χ4n) is 3.45. The zero-order valence-corrected chi connectivity index (χ0v) is 15.6. The lowest BCUT2D eigenvalue weighted by molar-refractivity contribution is 0.0697. The number of aromatic nitrogens is 4. The van der Waals surface area contributed by atoms with Gasteiger partial charge in [0, 0.05) is 18.0 Å². The first-order valence-corrected chi connectivity index (χ1v) is 9.30. The highest BCUT2D eigenvalue weighted by atomic mass is 16.4. The predicted octanol–water partition coefficient (Wildman–Crippen LogP) is 3.01. The van der Waals surface area contributed by atoms with E-state index in [1.807, 2.05) is 17.8 Å². The van der Waals surface area contributed by atoms with E-state index in [1.54, 1.807) is 36.7 Å². The van der Waals surface area contributed by atoms with E-state index in [9.17, 15) is 9.90 Å². The molecule has 1 saturated heterocycles. The van der Waals surface area contributed by atoms with E-state index < -0.39 is 5.97 Å². The van der Waals surface area contributed by atoms with Crippen molar-refractivity contribution in [2.45, 2.75) is 25.8 Å². The fourth-order valence-corrected chi connectivity index (χ4v) is 3.45. The first kappa shape index (κ1) is 18.1. The maximum absolute atomic E-state index is 11.6. The number of carboxylic acids is 1. The van der Waals surface area contributed by atoms with Crippen molar-refractivity contribution in [1.82, 2.24) is 25.1 Å². The molecule has 0 unspecified atom stereocenters. The van der Waals surface area contributed by atoms with Crippen LogP contribution in [0.25, 0.3) is 11.3 Å². The van der Waals surface area contributed by atoms with E-state index in [4.69, 9.17) is 0 Å². The SMILES string of the molecule is Cc1cnc(Nc2cnn(C3CCNCC3)c2)nc1-c1ccccc1C(=O)O. The third-order valence-electron chi connectivity index (χ3n) is 4.92. The molecule has 1 aliphatic heterocycles. The third kappa shape index (κ3) is 3.72. The molecule has 3 aromatic rings. The molecule has 0 spiro atoms. The molecule has 0 saturated carbocycles. The molecule has 3 N–H and O–H groups in total. The van der Waals surface area contributed by atoms with Crippen LogP contribution in [-0.2, 0) is 0 Å². The lowest BCUT2D eigenvalue weighted by atomic mass is 10.0. The number of hydrogen-bond acceptors (Lipinski definition) is 6. The number of piperidine rings is 1. The number of benzene rings is 1. The lowest BCUT2D eigenvalue weighted by Crippen LogP contribution is -2.29. The monoisotopic (exact) mass is 378 g/mol. The number of rotatable bonds is 5. The minimum Gasteiger partial charge on any atom is -0.478 e. The molecule has 0 amide bonds. The van der Waals surface area contributed by atoms with Crippen LogP contribution in [0, 0.1) is 6.92 Å². The summed E-state index contributed by atoms with van der Waals surface area (Å²) in [6.07, 6.45) is 7.53. The van der Waals surface area contributed by atoms with Crippen LogP contribution in [0.5, 0.6) is 0 Å². The summed E-state index contributed by atoms with van der Waals surface area (Å²) in [6.45, 7) is 3.87. The van der Waals surface area contributed by atoms with Crippen LogP contribution in [-0.4, -0.2) is 43.9 Å². The van der Waals surface area contributed by atoms with E-state index in [0.717, 1.165) is 37.2 Å². The second-order valence-electron chi connectivity index (χ2n) is 6.89. The molecule has 1 aromatic carbocycles. The van der Waals surface area contributed by atoms with Crippen molar-refractivity contribution >= 4 is 17.6 Å². The number of aryl methyl sites for hydroxylation is 1. The standard InChI is InChI=1S/C20H22N6O2/c1-13-10-22-20(25-18(13)16-4-2-3-5-17(16)19(27)28)24-14-11-23-26(12-14)15-6-8-21-9-7-15/h2-5,10-12,15,21H,6-9H2,1H3,(H,27,28)(H,22,24,25). The van der Waals surface area contributed by atoms with Crippen molar-refractivity contribution in [3.05, 3.63) is 54.0 Å². The van der Waals surface area contributed by atoms with Gasteiger partial charge in [0.2, 0.25) is 5.95 Å². The summed E-state index contributed by atoms with van der Waals surface area (Å²) in [6, 6.07) is 7.25. The molecule has 144 valence electrons. The van der Waals surface area contributed by atoms with Gasteiger partial charge in [-0.25, -0.2) is 14.8 Å². The predicted molar refractivity (Wildman–Crippen MR) is 106 cm³/mol. The molecule has 4 rings (SSSR count). The average molecular weight is 378 g/mol. The Morgan fingerprint density at radius 3 is 2.82 bits per heavy atom. The van der Waals surface area contributed by atoms with Crippen molar-refractivity contribution in [2.75, 3.05) is 18.4 Å². The summed E-state index contributed by atoms with van der Waals surface area (Å²) < 4.78 is 1.98. The zero-order valence-electron chi connectivity index (χ0n) is 15.6. The molecule has 2 aromatic heterocycles. The normalized spacial score (nSPS) is 14.8. The highest BCUT2D eigenvalue weighted by Crippen LogP contribution is 2.27. The first-order chi connectivity index (χ1) is 13.6. The Morgan fingerprint density at radius 2 is 2.04 bits per heavy atom. The van der Waals surface area contributed by atoms with Crippen LogP contribution in [0.1, 0.15) is 34.8 Å². The van der Waals surface area contributed by atoms with Gasteiger partial charge >= 0.3 is 5.97 Å². The number of carbonyl (C=O) groups is 1. The molecular formula is C20H22N6O2. The van der Waals surface area contributed by atoms with Gasteiger partial charge in [-0.1, -0.05) is 18.2 Å². The first-order valence-electron chi connectivity index (χ1n) is 9.30. The number of hydrogen-bond donors (Lipinski definition) is 3. The van der Waals surface area contributed by atoms with Gasteiger partial charge in [0.15, 0.2) is 0 Å². The van der Waals surface area contributed by atoms with Crippen molar-refractivity contribution in [2.24, 2.45) is 0 Å². The second kappa shape index (κ2) is 7.77. The quantitative estimate of drug-likeness (QED) is 0.627. The molecule has 8 nitrogen and oxygen atoms in total. The van der Waals surface area contributed by atoms with Crippen LogP contribution in [0.3, 0.4) is 0 Å². The van der Waals surface area contributed by atoms with E-state index in [1.165, 1.54) is 0 Å². The van der Waals surface area contributed by atoms with Crippen LogP contribution >= 0.6 is 0 Å². The van der Waals surface area contributed by atoms with Gasteiger partial charge in [-0.3, -0.25) is 4.68 Å². The maximum Gasteiger partial charge on any atom is 0.336 e. The van der Waals surface area contributed by atoms with Crippen molar-refractivity contribution in [1.29, 1.82) is 0 Å². The fraction of sp³-hybridized carbons (Fsp3) is 0.300. The molecule has 0 atom stereocenters. The van der Waals surface area contributed by atoms with E-state index >= 15 is 0 Å². The highest BCUT2D eigenvalue weighted by molar-refractivity contribution is 5.95. The lowest BCUT2D eigenvalue weighted by Gasteiger charge is -2.22. The average Bonchev–Trinajstić information content (AvgIpc) is 3.18. The number of anilines is 2. The summed E-state index contributed by atoms with van der Waals surface area (Å²) in [5.74, 6) is -0.572. The highest BCUT2D eigenvalue weighted by Gasteiger charge is 2.17. The molecule has 0 bridgehead atoms. The van der Waals surface area contributed by atoms with Gasteiger partial charge in [-0.05, 0) is 44.5 Å². The van der Waals surface area contributed by atoms with Gasteiger partial charge in [0.05, 0.1) is 29.2 Å². The van der Waals surface area contributed by atoms with Gasteiger partial charge < -0.3 is 15.7 Å². The van der Waals surface area contributed by atoms with E-state index in [-0.39, 0.29) is 5.56 Å². The summed E-state index contributed by atoms with van der Waals surface area (Å²) in [7, 11) is 0. The van der Waals surface area contributed by atoms with Gasteiger partial charge in [0.1, 0.15) is 0 Å². The molecule has 28 heavy (non-hydrogen) atoms. The maximum atomic E-state index is 11.6. The molecule has 1 fully saturated rings. The van der Waals surface area contributed by atoms with E-state index in [2.05, 4.69) is 25.7 Å². The Hall–Kier alpha value is -3.26. The molecule has 8 heteroatoms. The van der Waals surface area contributed by atoms with Gasteiger partial charge in [0.25, 0.3) is 0 Å². The smallest absolute Gasteiger partial charge is 0.336 e. The summed E-state index contributed by atoms with van der Waals surface area (Å²) in [4.78, 5) is 20.5. The second-order valence-corrected chi connectivity index (χ2v) is 6.89. The van der Waals surface area contributed by atoms with Crippen LogP contribution in [0.15, 0.2) is 42.9 Å². The van der Waals surface area contributed by atoms with Gasteiger partial charge in [-0.2, -0.15) is 5.10 Å². The number of nitrogens with one attached hydrogen (secondary N) is 2. The minimum atomic E-state index is -0.980. The van der Waals surface area contributed by atoms with E-state index in [0.29, 0.717) is 23.2 Å². The Kier molecular flexibility index (Phi) is 5.03. The Bertz CT molecular complexity index is 994. The summed E-state index contributed by atoms with van der Waals surface area (Å²) in [5, 5.41) is 20.5. The van der Waals surface area contributed by atoms with Crippen molar-refractivity contribution < 1.29 is 9.90 Å². The Balaban J connectivity index is 1.60. The molecule has 3 heterocycles. The van der Waals surface area contributed by atoms with Crippen LogP contribution in [0.2, 0.25) is 0 Å². The van der Waals surface area contributed by atoms with Crippen LogP contribution < -0.4 is 10.6 Å².